The SMILES string of the molecule is CCNCc1nccn1CCOc1ccc(OC)cc1. The zero-order chi connectivity index (χ0) is 14.2. The summed E-state index contributed by atoms with van der Waals surface area (Å²) < 4.78 is 12.9. The highest BCUT2D eigenvalue weighted by Gasteiger charge is 2.02. The van der Waals surface area contributed by atoms with E-state index in [1.54, 1.807) is 7.11 Å². The minimum absolute atomic E-state index is 0.613. The van der Waals surface area contributed by atoms with Crippen LogP contribution in [0.4, 0.5) is 0 Å². The molecule has 0 aliphatic carbocycles. The summed E-state index contributed by atoms with van der Waals surface area (Å²) in [6.07, 6.45) is 3.80. The van der Waals surface area contributed by atoms with Crippen LogP contribution < -0.4 is 14.8 Å². The number of hydrogen-bond acceptors (Lipinski definition) is 4. The van der Waals surface area contributed by atoms with Gasteiger partial charge in [0.15, 0.2) is 0 Å². The van der Waals surface area contributed by atoms with Crippen LogP contribution in [0.2, 0.25) is 0 Å². The van der Waals surface area contributed by atoms with Crippen LogP contribution in [0.15, 0.2) is 36.7 Å². The van der Waals surface area contributed by atoms with Gasteiger partial charge in [-0.05, 0) is 30.8 Å². The van der Waals surface area contributed by atoms with Crippen molar-refractivity contribution in [1.29, 1.82) is 0 Å². The highest BCUT2D eigenvalue weighted by molar-refractivity contribution is 5.31. The van der Waals surface area contributed by atoms with Crippen LogP contribution in [-0.4, -0.2) is 29.8 Å². The van der Waals surface area contributed by atoms with E-state index in [-0.39, 0.29) is 0 Å². The molecule has 2 aromatic rings. The van der Waals surface area contributed by atoms with E-state index in [1.807, 2.05) is 36.7 Å². The normalized spacial score (nSPS) is 10.5. The highest BCUT2D eigenvalue weighted by atomic mass is 16.5. The summed E-state index contributed by atoms with van der Waals surface area (Å²) in [6, 6.07) is 7.60. The Morgan fingerprint density at radius 1 is 1.20 bits per heavy atom. The lowest BCUT2D eigenvalue weighted by atomic mass is 10.3. The zero-order valence-corrected chi connectivity index (χ0v) is 12.0. The molecule has 0 unspecified atom stereocenters. The molecule has 0 amide bonds. The van der Waals surface area contributed by atoms with E-state index in [1.165, 1.54) is 0 Å². The monoisotopic (exact) mass is 275 g/mol. The maximum absolute atomic E-state index is 5.71. The third-order valence-corrected chi connectivity index (χ3v) is 3.00. The van der Waals surface area contributed by atoms with Crippen molar-refractivity contribution in [3.05, 3.63) is 42.5 Å². The standard InChI is InChI=1S/C15H21N3O2/c1-3-16-12-15-17-8-9-18(15)10-11-20-14-6-4-13(19-2)5-7-14/h4-9,16H,3,10-12H2,1-2H3. The Bertz CT molecular complexity index is 508. The molecular weight excluding hydrogens is 254 g/mol. The van der Waals surface area contributed by atoms with E-state index in [4.69, 9.17) is 9.47 Å². The minimum atomic E-state index is 0.613. The van der Waals surface area contributed by atoms with Crippen molar-refractivity contribution in [2.24, 2.45) is 0 Å². The Balaban J connectivity index is 1.81. The second-order valence-electron chi connectivity index (χ2n) is 4.34. The van der Waals surface area contributed by atoms with Crippen molar-refractivity contribution >= 4 is 0 Å². The fourth-order valence-corrected chi connectivity index (χ4v) is 1.88. The summed E-state index contributed by atoms with van der Waals surface area (Å²) in [5.41, 5.74) is 0. The predicted molar refractivity (Wildman–Crippen MR) is 78.1 cm³/mol. The molecule has 0 atom stereocenters. The summed E-state index contributed by atoms with van der Waals surface area (Å²) in [5, 5.41) is 3.27. The van der Waals surface area contributed by atoms with Gasteiger partial charge < -0.3 is 19.4 Å². The van der Waals surface area contributed by atoms with Gasteiger partial charge in [0.2, 0.25) is 0 Å². The van der Waals surface area contributed by atoms with Crippen molar-refractivity contribution in [3.8, 4) is 11.5 Å². The molecule has 5 nitrogen and oxygen atoms in total. The van der Waals surface area contributed by atoms with Crippen LogP contribution in [-0.2, 0) is 13.1 Å². The fourth-order valence-electron chi connectivity index (χ4n) is 1.88. The third kappa shape index (κ3) is 3.99. The Morgan fingerprint density at radius 3 is 2.65 bits per heavy atom. The topological polar surface area (TPSA) is 48.3 Å². The molecule has 1 heterocycles. The molecule has 2 rings (SSSR count). The van der Waals surface area contributed by atoms with Gasteiger partial charge in [-0.1, -0.05) is 6.92 Å². The summed E-state index contributed by atoms with van der Waals surface area (Å²) >= 11 is 0. The molecule has 1 aromatic heterocycles. The molecule has 0 saturated heterocycles. The first-order chi connectivity index (χ1) is 9.83. The van der Waals surface area contributed by atoms with Crippen LogP contribution in [0.5, 0.6) is 11.5 Å². The molecule has 0 radical (unpaired) electrons. The van der Waals surface area contributed by atoms with Gasteiger partial charge in [0.05, 0.1) is 20.2 Å². The van der Waals surface area contributed by atoms with Gasteiger partial charge >= 0.3 is 0 Å². The maximum Gasteiger partial charge on any atom is 0.122 e. The Kier molecular flexibility index (Phi) is 5.43. The van der Waals surface area contributed by atoms with Crippen molar-refractivity contribution in [1.82, 2.24) is 14.9 Å². The lowest BCUT2D eigenvalue weighted by Gasteiger charge is -2.10. The lowest BCUT2D eigenvalue weighted by Crippen LogP contribution is -2.18. The van der Waals surface area contributed by atoms with Gasteiger partial charge in [0.25, 0.3) is 0 Å². The van der Waals surface area contributed by atoms with E-state index in [0.29, 0.717) is 6.61 Å². The maximum atomic E-state index is 5.71. The van der Waals surface area contributed by atoms with E-state index in [2.05, 4.69) is 21.8 Å². The molecular formula is C15H21N3O2. The molecule has 1 N–H and O–H groups in total. The molecule has 0 saturated carbocycles. The first-order valence-corrected chi connectivity index (χ1v) is 6.81. The molecule has 1 aromatic carbocycles. The van der Waals surface area contributed by atoms with Crippen LogP contribution >= 0.6 is 0 Å². The van der Waals surface area contributed by atoms with Gasteiger partial charge in [-0.2, -0.15) is 0 Å². The van der Waals surface area contributed by atoms with Gasteiger partial charge in [-0.15, -0.1) is 0 Å². The predicted octanol–water partition coefficient (Wildman–Crippen LogP) is 2.08. The molecule has 0 fully saturated rings. The van der Waals surface area contributed by atoms with E-state index >= 15 is 0 Å². The molecule has 0 spiro atoms. The van der Waals surface area contributed by atoms with E-state index in [9.17, 15) is 0 Å². The van der Waals surface area contributed by atoms with E-state index in [0.717, 1.165) is 37.0 Å². The quantitative estimate of drug-likeness (QED) is 0.801. The molecule has 108 valence electrons. The fraction of sp³-hybridized carbons (Fsp3) is 0.400. The average molecular weight is 275 g/mol. The Labute approximate surface area is 119 Å². The largest absolute Gasteiger partial charge is 0.497 e. The van der Waals surface area contributed by atoms with Gasteiger partial charge in [-0.3, -0.25) is 0 Å². The van der Waals surface area contributed by atoms with Gasteiger partial charge in [-0.25, -0.2) is 4.98 Å². The first kappa shape index (κ1) is 14.4. The number of imidazole rings is 1. The zero-order valence-electron chi connectivity index (χ0n) is 12.0. The van der Waals surface area contributed by atoms with Gasteiger partial charge in [0, 0.05) is 12.4 Å². The molecule has 5 heteroatoms. The summed E-state index contributed by atoms with van der Waals surface area (Å²) in [6.45, 7) is 5.20. The number of aromatic nitrogens is 2. The number of nitrogens with one attached hydrogen (secondary N) is 1. The molecule has 20 heavy (non-hydrogen) atoms. The number of methoxy groups -OCH3 is 1. The third-order valence-electron chi connectivity index (χ3n) is 3.00. The Hall–Kier alpha value is -2.01. The smallest absolute Gasteiger partial charge is 0.122 e. The van der Waals surface area contributed by atoms with Crippen LogP contribution in [0.25, 0.3) is 0 Å². The highest BCUT2D eigenvalue weighted by Crippen LogP contribution is 2.16. The summed E-state index contributed by atoms with van der Waals surface area (Å²) in [5.74, 6) is 2.71. The Morgan fingerprint density at radius 2 is 1.95 bits per heavy atom. The number of hydrogen-bond donors (Lipinski definition) is 1. The summed E-state index contributed by atoms with van der Waals surface area (Å²) in [4.78, 5) is 4.33. The first-order valence-electron chi connectivity index (χ1n) is 6.81. The second kappa shape index (κ2) is 7.55. The number of ether oxygens (including phenoxy) is 2. The van der Waals surface area contributed by atoms with Crippen molar-refractivity contribution in [2.45, 2.75) is 20.0 Å². The minimum Gasteiger partial charge on any atom is -0.497 e. The number of nitrogens with zero attached hydrogens (tertiary/aromatic N) is 2. The van der Waals surface area contributed by atoms with Crippen LogP contribution in [0.3, 0.4) is 0 Å². The van der Waals surface area contributed by atoms with Gasteiger partial charge in [0.1, 0.15) is 23.9 Å². The average Bonchev–Trinajstić information content (AvgIpc) is 2.93. The summed E-state index contributed by atoms with van der Waals surface area (Å²) in [7, 11) is 1.65. The molecule has 0 bridgehead atoms. The number of rotatable bonds is 8. The molecule has 0 aliphatic heterocycles. The van der Waals surface area contributed by atoms with Crippen LogP contribution in [0, 0.1) is 0 Å². The lowest BCUT2D eigenvalue weighted by molar-refractivity contribution is 0.295. The van der Waals surface area contributed by atoms with Crippen molar-refractivity contribution < 1.29 is 9.47 Å². The molecule has 0 aliphatic rings. The van der Waals surface area contributed by atoms with Crippen molar-refractivity contribution in [3.63, 3.8) is 0 Å². The number of benzene rings is 1. The second-order valence-corrected chi connectivity index (χ2v) is 4.34. The van der Waals surface area contributed by atoms with Crippen molar-refractivity contribution in [2.75, 3.05) is 20.3 Å². The van der Waals surface area contributed by atoms with Crippen LogP contribution in [0.1, 0.15) is 12.7 Å². The van der Waals surface area contributed by atoms with E-state index < -0.39 is 0 Å².